The largest absolute Gasteiger partial charge is 0.355 e. The average Bonchev–Trinajstić information content (AvgIpc) is 2.67. The molecule has 3 aromatic rings. The molecule has 0 saturated carbocycles. The molecule has 0 aliphatic carbocycles. The van der Waals surface area contributed by atoms with Gasteiger partial charge in [0.1, 0.15) is 5.82 Å². The molecule has 0 aliphatic heterocycles. The number of nitrogens with one attached hydrogen (secondary N) is 2. The molecule has 1 aromatic carbocycles. The summed E-state index contributed by atoms with van der Waals surface area (Å²) in [5.41, 5.74) is -1.40. The highest BCUT2D eigenvalue weighted by molar-refractivity contribution is 5.90. The molecule has 1 amide bonds. The lowest BCUT2D eigenvalue weighted by Gasteiger charge is -2.22. The zero-order valence-electron chi connectivity index (χ0n) is 16.3. The standard InChI is InChI=1S/C21H17F3N4O2/c1-10-17-12(3)26-7-6-16(17)28-19(29)18(10)21(23,24)20(30)27-11(2)14-5-4-13(9-25)8-15(14)22/h4-8,11H,1-3H3,(H,27,30)(H,28,29)/t11-/m0/s1. The van der Waals surface area contributed by atoms with E-state index in [2.05, 4.69) is 15.3 Å². The third-order valence-corrected chi connectivity index (χ3v) is 4.91. The Morgan fingerprint density at radius 3 is 2.63 bits per heavy atom. The van der Waals surface area contributed by atoms with Crippen LogP contribution in [0.5, 0.6) is 0 Å². The second kappa shape index (κ2) is 7.63. The second-order valence-corrected chi connectivity index (χ2v) is 6.89. The molecule has 1 atom stereocenters. The van der Waals surface area contributed by atoms with Crippen LogP contribution in [-0.2, 0) is 10.7 Å². The highest BCUT2D eigenvalue weighted by Crippen LogP contribution is 2.32. The summed E-state index contributed by atoms with van der Waals surface area (Å²) in [6.07, 6.45) is 1.44. The lowest BCUT2D eigenvalue weighted by molar-refractivity contribution is -0.148. The molecule has 2 heterocycles. The van der Waals surface area contributed by atoms with Crippen LogP contribution in [0.3, 0.4) is 0 Å². The summed E-state index contributed by atoms with van der Waals surface area (Å²) in [6.45, 7) is 4.25. The zero-order valence-corrected chi connectivity index (χ0v) is 16.3. The summed E-state index contributed by atoms with van der Waals surface area (Å²) in [5, 5.41) is 11.2. The molecule has 2 N–H and O–H groups in total. The molecule has 9 heteroatoms. The molecular formula is C21H17F3N4O2. The first-order valence-corrected chi connectivity index (χ1v) is 8.95. The molecule has 30 heavy (non-hydrogen) atoms. The summed E-state index contributed by atoms with van der Waals surface area (Å²) in [7, 11) is 0. The summed E-state index contributed by atoms with van der Waals surface area (Å²) in [6, 6.07) is 5.61. The van der Waals surface area contributed by atoms with Crippen LogP contribution in [0.15, 0.2) is 35.3 Å². The van der Waals surface area contributed by atoms with Gasteiger partial charge < -0.3 is 10.3 Å². The van der Waals surface area contributed by atoms with Crippen LogP contribution in [0.2, 0.25) is 0 Å². The minimum Gasteiger partial charge on any atom is -0.344 e. The van der Waals surface area contributed by atoms with E-state index in [-0.39, 0.29) is 16.7 Å². The van der Waals surface area contributed by atoms with Crippen molar-refractivity contribution in [3.63, 3.8) is 0 Å². The van der Waals surface area contributed by atoms with Gasteiger partial charge in [0.2, 0.25) is 0 Å². The van der Waals surface area contributed by atoms with Gasteiger partial charge >= 0.3 is 5.92 Å². The summed E-state index contributed by atoms with van der Waals surface area (Å²) >= 11 is 0. The van der Waals surface area contributed by atoms with Crippen LogP contribution in [0.1, 0.15) is 40.9 Å². The van der Waals surface area contributed by atoms with Gasteiger partial charge in [0.25, 0.3) is 11.5 Å². The van der Waals surface area contributed by atoms with Crippen molar-refractivity contribution < 1.29 is 18.0 Å². The Labute approximate surface area is 169 Å². The molecule has 0 fully saturated rings. The first kappa shape index (κ1) is 21.0. The third kappa shape index (κ3) is 3.52. The molecular weight excluding hydrogens is 397 g/mol. The van der Waals surface area contributed by atoms with E-state index in [1.165, 1.54) is 38.2 Å². The first-order valence-electron chi connectivity index (χ1n) is 8.95. The van der Waals surface area contributed by atoms with Crippen LogP contribution in [0, 0.1) is 31.0 Å². The van der Waals surface area contributed by atoms with E-state index in [9.17, 15) is 14.0 Å². The molecule has 0 radical (unpaired) electrons. The smallest absolute Gasteiger partial charge is 0.344 e. The Hall–Kier alpha value is -3.67. The van der Waals surface area contributed by atoms with Gasteiger partial charge in [0.05, 0.1) is 28.8 Å². The van der Waals surface area contributed by atoms with Crippen molar-refractivity contribution in [3.05, 3.63) is 74.6 Å². The van der Waals surface area contributed by atoms with Crippen molar-refractivity contribution >= 4 is 16.8 Å². The number of fused-ring (bicyclic) bond motifs is 1. The molecule has 0 unspecified atom stereocenters. The minimum atomic E-state index is -4.18. The molecule has 0 spiro atoms. The fraction of sp³-hybridized carbons (Fsp3) is 0.238. The lowest BCUT2D eigenvalue weighted by Crippen LogP contribution is -2.43. The quantitative estimate of drug-likeness (QED) is 0.682. The van der Waals surface area contributed by atoms with Crippen molar-refractivity contribution in [2.24, 2.45) is 0 Å². The average molecular weight is 414 g/mol. The number of carbonyl (C=O) groups is 1. The van der Waals surface area contributed by atoms with Gasteiger partial charge in [-0.15, -0.1) is 0 Å². The number of nitriles is 1. The van der Waals surface area contributed by atoms with Crippen molar-refractivity contribution in [2.45, 2.75) is 32.7 Å². The predicted molar refractivity (Wildman–Crippen MR) is 103 cm³/mol. The third-order valence-electron chi connectivity index (χ3n) is 4.91. The number of nitrogens with zero attached hydrogens (tertiary/aromatic N) is 2. The SMILES string of the molecule is Cc1nccc2[nH]c(=O)c(C(F)(F)C(=O)N[C@@H](C)c3ccc(C#N)cc3F)c(C)c12. The number of alkyl halides is 2. The Kier molecular flexibility index (Phi) is 5.35. The van der Waals surface area contributed by atoms with Crippen LogP contribution in [0.25, 0.3) is 10.9 Å². The van der Waals surface area contributed by atoms with Gasteiger partial charge in [-0.1, -0.05) is 6.07 Å². The highest BCUT2D eigenvalue weighted by atomic mass is 19.3. The topological polar surface area (TPSA) is 98.6 Å². The number of hydrogen-bond donors (Lipinski definition) is 2. The van der Waals surface area contributed by atoms with Crippen LogP contribution in [-0.4, -0.2) is 15.9 Å². The van der Waals surface area contributed by atoms with Crippen molar-refractivity contribution in [1.82, 2.24) is 15.3 Å². The van der Waals surface area contributed by atoms with Crippen molar-refractivity contribution in [2.75, 3.05) is 0 Å². The van der Waals surface area contributed by atoms with E-state index in [0.29, 0.717) is 16.6 Å². The maximum atomic E-state index is 15.0. The minimum absolute atomic E-state index is 0.0578. The number of benzene rings is 1. The number of aryl methyl sites for hydroxylation is 2. The lowest BCUT2D eigenvalue weighted by atomic mass is 9.98. The molecule has 2 aromatic heterocycles. The Morgan fingerprint density at radius 2 is 2.00 bits per heavy atom. The maximum Gasteiger partial charge on any atom is 0.355 e. The van der Waals surface area contributed by atoms with Crippen molar-refractivity contribution in [3.8, 4) is 6.07 Å². The Morgan fingerprint density at radius 1 is 1.30 bits per heavy atom. The van der Waals surface area contributed by atoms with Gasteiger partial charge in [-0.05, 0) is 44.5 Å². The van der Waals surface area contributed by atoms with Gasteiger partial charge in [-0.25, -0.2) is 4.39 Å². The van der Waals surface area contributed by atoms with Gasteiger partial charge in [-0.2, -0.15) is 14.0 Å². The summed E-state index contributed by atoms with van der Waals surface area (Å²) in [4.78, 5) is 31.2. The number of H-pyrrole nitrogens is 1. The molecule has 0 saturated heterocycles. The number of aromatic amines is 1. The Bertz CT molecular complexity index is 1260. The zero-order chi connectivity index (χ0) is 22.2. The molecule has 6 nitrogen and oxygen atoms in total. The van der Waals surface area contributed by atoms with Crippen LogP contribution < -0.4 is 10.9 Å². The number of hydrogen-bond acceptors (Lipinski definition) is 4. The first-order chi connectivity index (χ1) is 14.1. The predicted octanol–water partition coefficient (Wildman–Crippen LogP) is 3.52. The van der Waals surface area contributed by atoms with E-state index >= 15 is 8.78 Å². The number of aromatic nitrogens is 2. The van der Waals surface area contributed by atoms with Crippen LogP contribution >= 0.6 is 0 Å². The van der Waals surface area contributed by atoms with Crippen molar-refractivity contribution in [1.29, 1.82) is 5.26 Å². The van der Waals surface area contributed by atoms with Gasteiger partial charge in [-0.3, -0.25) is 14.6 Å². The summed E-state index contributed by atoms with van der Waals surface area (Å²) < 4.78 is 44.2. The molecule has 0 aliphatic rings. The van der Waals surface area contributed by atoms with Gasteiger partial charge in [0.15, 0.2) is 0 Å². The fourth-order valence-electron chi connectivity index (χ4n) is 3.43. The Balaban J connectivity index is 1.99. The van der Waals surface area contributed by atoms with E-state index in [1.54, 1.807) is 13.0 Å². The van der Waals surface area contributed by atoms with E-state index < -0.39 is 34.8 Å². The van der Waals surface area contributed by atoms with E-state index in [4.69, 9.17) is 5.26 Å². The van der Waals surface area contributed by atoms with E-state index in [1.807, 2.05) is 0 Å². The van der Waals surface area contributed by atoms with Gasteiger partial charge in [0, 0.05) is 22.8 Å². The number of amides is 1. The number of carbonyl (C=O) groups excluding carboxylic acids is 1. The van der Waals surface area contributed by atoms with Crippen LogP contribution in [0.4, 0.5) is 13.2 Å². The van der Waals surface area contributed by atoms with E-state index in [0.717, 1.165) is 6.07 Å². The normalized spacial score (nSPS) is 12.4. The molecule has 3 rings (SSSR count). The summed E-state index contributed by atoms with van der Waals surface area (Å²) in [5.74, 6) is -6.73. The fourth-order valence-corrected chi connectivity index (χ4v) is 3.43. The maximum absolute atomic E-state index is 15.0. The number of rotatable bonds is 4. The number of halogens is 3. The monoisotopic (exact) mass is 414 g/mol. The second-order valence-electron chi connectivity index (χ2n) is 6.89. The highest BCUT2D eigenvalue weighted by Gasteiger charge is 2.45. The molecule has 0 bridgehead atoms. The number of pyridine rings is 2. The molecule has 154 valence electrons.